The first kappa shape index (κ1) is 18.1. The van der Waals surface area contributed by atoms with Crippen molar-refractivity contribution in [2.24, 2.45) is 0 Å². The van der Waals surface area contributed by atoms with Crippen LogP contribution in [-0.2, 0) is 22.7 Å². The Labute approximate surface area is 155 Å². The monoisotopic (exact) mass is 365 g/mol. The zero-order valence-corrected chi connectivity index (χ0v) is 14.5. The number of amides is 2. The third-order valence-electron chi connectivity index (χ3n) is 3.61. The number of carbonyl (C=O) groups excluding carboxylic acids is 2. The van der Waals surface area contributed by atoms with Crippen LogP contribution < -0.4 is 10.6 Å². The summed E-state index contributed by atoms with van der Waals surface area (Å²) in [7, 11) is 0. The second-order valence-corrected chi connectivity index (χ2v) is 5.73. The van der Waals surface area contributed by atoms with Gasteiger partial charge in [-0.1, -0.05) is 35.5 Å². The van der Waals surface area contributed by atoms with Crippen LogP contribution in [0, 0.1) is 0 Å². The van der Waals surface area contributed by atoms with Crippen molar-refractivity contribution >= 4 is 17.9 Å². The summed E-state index contributed by atoms with van der Waals surface area (Å²) >= 11 is 0. The Kier molecular flexibility index (Phi) is 6.13. The van der Waals surface area contributed by atoms with Crippen LogP contribution in [0.2, 0.25) is 0 Å². The van der Waals surface area contributed by atoms with E-state index >= 15 is 0 Å². The number of hydrogen-bond donors (Lipinski definition) is 2. The fourth-order valence-corrected chi connectivity index (χ4v) is 2.29. The summed E-state index contributed by atoms with van der Waals surface area (Å²) in [5.41, 5.74) is 1.67. The number of aromatic nitrogens is 3. The largest absolute Gasteiger partial charge is 0.467 e. The van der Waals surface area contributed by atoms with Crippen LogP contribution >= 0.6 is 0 Å². The van der Waals surface area contributed by atoms with Gasteiger partial charge in [-0.05, 0) is 23.8 Å². The van der Waals surface area contributed by atoms with Crippen molar-refractivity contribution in [1.82, 2.24) is 25.6 Å². The molecule has 0 saturated heterocycles. The molecule has 0 atom stereocenters. The Morgan fingerprint density at radius 2 is 1.96 bits per heavy atom. The number of furan rings is 1. The van der Waals surface area contributed by atoms with Gasteiger partial charge in [-0.3, -0.25) is 9.59 Å². The van der Waals surface area contributed by atoms with Gasteiger partial charge in [0.1, 0.15) is 11.5 Å². The molecule has 2 heterocycles. The number of benzene rings is 1. The quantitative estimate of drug-likeness (QED) is 0.587. The molecule has 0 fully saturated rings. The van der Waals surface area contributed by atoms with Crippen LogP contribution in [0.3, 0.4) is 0 Å². The lowest BCUT2D eigenvalue weighted by Crippen LogP contribution is -2.35. The molecule has 3 rings (SSSR count). The Hall–Kier alpha value is -3.68. The van der Waals surface area contributed by atoms with Gasteiger partial charge in [-0.2, -0.15) is 0 Å². The van der Waals surface area contributed by atoms with Crippen molar-refractivity contribution in [2.45, 2.75) is 13.1 Å². The summed E-state index contributed by atoms with van der Waals surface area (Å²) in [5, 5.41) is 13.2. The van der Waals surface area contributed by atoms with Gasteiger partial charge in [0.25, 0.3) is 0 Å². The lowest BCUT2D eigenvalue weighted by Gasteiger charge is -2.03. The van der Waals surface area contributed by atoms with Crippen LogP contribution in [-0.4, -0.2) is 33.4 Å². The van der Waals surface area contributed by atoms with Gasteiger partial charge in [0.2, 0.25) is 11.8 Å². The molecule has 0 spiro atoms. The summed E-state index contributed by atoms with van der Waals surface area (Å²) in [6, 6.07) is 13.4. The predicted octanol–water partition coefficient (Wildman–Crippen LogP) is 1.37. The molecule has 0 aliphatic heterocycles. The van der Waals surface area contributed by atoms with Crippen molar-refractivity contribution in [3.05, 3.63) is 78.0 Å². The van der Waals surface area contributed by atoms with E-state index in [2.05, 4.69) is 20.9 Å². The van der Waals surface area contributed by atoms with Gasteiger partial charge in [0.15, 0.2) is 0 Å². The fraction of sp³-hybridized carbons (Fsp3) is 0.158. The Morgan fingerprint density at radius 1 is 1.11 bits per heavy atom. The van der Waals surface area contributed by atoms with E-state index in [1.54, 1.807) is 29.1 Å². The molecule has 0 unspecified atom stereocenters. The molecule has 3 aromatic rings. The van der Waals surface area contributed by atoms with E-state index in [1.807, 2.05) is 30.3 Å². The smallest absolute Gasteiger partial charge is 0.244 e. The minimum Gasteiger partial charge on any atom is -0.467 e. The minimum absolute atomic E-state index is 0.120. The van der Waals surface area contributed by atoms with Gasteiger partial charge < -0.3 is 15.1 Å². The van der Waals surface area contributed by atoms with E-state index in [0.29, 0.717) is 18.0 Å². The average Bonchev–Trinajstić information content (AvgIpc) is 3.36. The number of hydrogen-bond acceptors (Lipinski definition) is 5. The molecule has 0 aliphatic carbocycles. The molecule has 0 bridgehead atoms. The standard InChI is InChI=1S/C19H19N5O3/c25-18(21-12-19(26)20-11-17-7-4-10-27-17)9-8-16-14-24(23-22-16)13-15-5-2-1-3-6-15/h1-10,14H,11-13H2,(H,20,26)(H,21,25)/b9-8+. The van der Waals surface area contributed by atoms with E-state index in [1.165, 1.54) is 12.3 Å². The van der Waals surface area contributed by atoms with E-state index in [-0.39, 0.29) is 24.9 Å². The van der Waals surface area contributed by atoms with Gasteiger partial charge >= 0.3 is 0 Å². The topological polar surface area (TPSA) is 102 Å². The summed E-state index contributed by atoms with van der Waals surface area (Å²) in [6.07, 6.45) is 6.14. The first-order valence-electron chi connectivity index (χ1n) is 8.38. The predicted molar refractivity (Wildman–Crippen MR) is 98.2 cm³/mol. The van der Waals surface area contributed by atoms with E-state index in [0.717, 1.165) is 5.56 Å². The number of nitrogens with zero attached hydrogens (tertiary/aromatic N) is 3. The molecule has 2 N–H and O–H groups in total. The maximum atomic E-state index is 11.8. The molecular formula is C19H19N5O3. The van der Waals surface area contributed by atoms with Crippen molar-refractivity contribution in [1.29, 1.82) is 0 Å². The zero-order valence-electron chi connectivity index (χ0n) is 14.5. The molecule has 0 aliphatic rings. The van der Waals surface area contributed by atoms with Crippen LogP contribution in [0.1, 0.15) is 17.0 Å². The summed E-state index contributed by atoms with van der Waals surface area (Å²) in [6.45, 7) is 0.760. The second kappa shape index (κ2) is 9.14. The van der Waals surface area contributed by atoms with E-state index in [4.69, 9.17) is 4.42 Å². The number of nitrogens with one attached hydrogen (secondary N) is 2. The molecule has 1 aromatic carbocycles. The van der Waals surface area contributed by atoms with Crippen molar-refractivity contribution in [3.8, 4) is 0 Å². The number of carbonyl (C=O) groups is 2. The van der Waals surface area contributed by atoms with Crippen LogP contribution in [0.15, 0.2) is 65.4 Å². The van der Waals surface area contributed by atoms with Crippen LogP contribution in [0.25, 0.3) is 6.08 Å². The first-order chi connectivity index (χ1) is 13.2. The maximum Gasteiger partial charge on any atom is 0.244 e. The molecule has 2 aromatic heterocycles. The van der Waals surface area contributed by atoms with Gasteiger partial charge in [-0.25, -0.2) is 4.68 Å². The lowest BCUT2D eigenvalue weighted by molar-refractivity contribution is -0.124. The summed E-state index contributed by atoms with van der Waals surface area (Å²) in [4.78, 5) is 23.5. The normalized spacial score (nSPS) is 10.8. The van der Waals surface area contributed by atoms with Crippen LogP contribution in [0.5, 0.6) is 0 Å². The first-order valence-corrected chi connectivity index (χ1v) is 8.38. The van der Waals surface area contributed by atoms with E-state index in [9.17, 15) is 9.59 Å². The average molecular weight is 365 g/mol. The molecule has 0 saturated carbocycles. The Bertz CT molecular complexity index is 901. The van der Waals surface area contributed by atoms with Crippen molar-refractivity contribution in [3.63, 3.8) is 0 Å². The second-order valence-electron chi connectivity index (χ2n) is 5.73. The SMILES string of the molecule is O=C(/C=C/c1cn(Cc2ccccc2)nn1)NCC(=O)NCc1ccco1. The fourth-order valence-electron chi connectivity index (χ4n) is 2.29. The number of rotatable bonds is 8. The van der Waals surface area contributed by atoms with E-state index < -0.39 is 0 Å². The molecule has 8 heteroatoms. The van der Waals surface area contributed by atoms with Crippen molar-refractivity contribution in [2.75, 3.05) is 6.54 Å². The van der Waals surface area contributed by atoms with Crippen LogP contribution in [0.4, 0.5) is 0 Å². The van der Waals surface area contributed by atoms with Gasteiger partial charge in [-0.15, -0.1) is 5.10 Å². The molecular weight excluding hydrogens is 346 g/mol. The maximum absolute atomic E-state index is 11.8. The zero-order chi connectivity index (χ0) is 18.9. The highest BCUT2D eigenvalue weighted by molar-refractivity contribution is 5.94. The third-order valence-corrected chi connectivity index (χ3v) is 3.61. The summed E-state index contributed by atoms with van der Waals surface area (Å²) in [5.74, 6) is -0.0455. The Balaban J connectivity index is 1.41. The third kappa shape index (κ3) is 5.96. The minimum atomic E-state index is -0.388. The highest BCUT2D eigenvalue weighted by Gasteiger charge is 2.05. The Morgan fingerprint density at radius 3 is 2.74 bits per heavy atom. The molecule has 2 amide bonds. The summed E-state index contributed by atoms with van der Waals surface area (Å²) < 4.78 is 6.80. The lowest BCUT2D eigenvalue weighted by atomic mass is 10.2. The van der Waals surface area contributed by atoms with Gasteiger partial charge in [0.05, 0.1) is 32.1 Å². The molecule has 8 nitrogen and oxygen atoms in total. The highest BCUT2D eigenvalue weighted by atomic mass is 16.3. The highest BCUT2D eigenvalue weighted by Crippen LogP contribution is 2.03. The van der Waals surface area contributed by atoms with Gasteiger partial charge in [0, 0.05) is 6.08 Å². The molecule has 27 heavy (non-hydrogen) atoms. The van der Waals surface area contributed by atoms with Crippen molar-refractivity contribution < 1.29 is 14.0 Å². The molecule has 0 radical (unpaired) electrons. The molecule has 138 valence electrons.